The van der Waals surface area contributed by atoms with Gasteiger partial charge in [-0.15, -0.1) is 0 Å². The Morgan fingerprint density at radius 1 is 1.35 bits per heavy atom. The zero-order chi connectivity index (χ0) is 12.7. The second kappa shape index (κ2) is 6.98. The van der Waals surface area contributed by atoms with Crippen molar-refractivity contribution in [1.82, 2.24) is 0 Å². The highest BCUT2D eigenvalue weighted by atomic mass is 16.1. The molecule has 0 fully saturated rings. The van der Waals surface area contributed by atoms with Crippen LogP contribution in [0.3, 0.4) is 0 Å². The molecule has 1 aliphatic rings. The molecular formula is C16H28O. The second-order valence-electron chi connectivity index (χ2n) is 5.95. The quantitative estimate of drug-likeness (QED) is 0.574. The summed E-state index contributed by atoms with van der Waals surface area (Å²) < 4.78 is 0. The van der Waals surface area contributed by atoms with Crippen LogP contribution in [-0.2, 0) is 4.79 Å². The minimum Gasteiger partial charge on any atom is -0.299 e. The van der Waals surface area contributed by atoms with Gasteiger partial charge in [-0.2, -0.15) is 0 Å². The maximum absolute atomic E-state index is 12.4. The van der Waals surface area contributed by atoms with Crippen molar-refractivity contribution in [1.29, 1.82) is 0 Å². The van der Waals surface area contributed by atoms with E-state index in [1.807, 2.05) is 0 Å². The molecule has 0 spiro atoms. The molecule has 0 radical (unpaired) electrons. The summed E-state index contributed by atoms with van der Waals surface area (Å²) in [4.78, 5) is 12.4. The molecule has 17 heavy (non-hydrogen) atoms. The van der Waals surface area contributed by atoms with Gasteiger partial charge < -0.3 is 0 Å². The summed E-state index contributed by atoms with van der Waals surface area (Å²) in [5.41, 5.74) is -0.000347. The third-order valence-corrected chi connectivity index (χ3v) is 3.97. The molecule has 1 heteroatoms. The highest BCUT2D eigenvalue weighted by Crippen LogP contribution is 2.40. The fraction of sp³-hybridized carbons (Fsp3) is 0.812. The molecule has 1 rings (SSSR count). The van der Waals surface area contributed by atoms with Crippen molar-refractivity contribution in [3.8, 4) is 0 Å². The summed E-state index contributed by atoms with van der Waals surface area (Å²) in [6.45, 7) is 6.64. The van der Waals surface area contributed by atoms with E-state index in [-0.39, 0.29) is 5.41 Å². The van der Waals surface area contributed by atoms with E-state index < -0.39 is 0 Å². The summed E-state index contributed by atoms with van der Waals surface area (Å²) in [5, 5.41) is 0. The van der Waals surface area contributed by atoms with E-state index in [1.165, 1.54) is 12.8 Å². The van der Waals surface area contributed by atoms with Crippen molar-refractivity contribution in [3.05, 3.63) is 12.2 Å². The molecule has 0 heterocycles. The number of Topliss-reactive ketones (excluding diaryl/α,β-unsaturated/α-hetero) is 1. The Kier molecular flexibility index (Phi) is 5.94. The van der Waals surface area contributed by atoms with Crippen LogP contribution < -0.4 is 0 Å². The number of carbonyl (C=O) groups is 1. The van der Waals surface area contributed by atoms with Crippen LogP contribution in [0, 0.1) is 11.3 Å². The summed E-state index contributed by atoms with van der Waals surface area (Å²) in [6, 6.07) is 0. The first-order chi connectivity index (χ1) is 8.10. The Bertz CT molecular complexity index is 265. The molecule has 0 bridgehead atoms. The van der Waals surface area contributed by atoms with Crippen molar-refractivity contribution >= 4 is 5.78 Å². The third kappa shape index (κ3) is 4.29. The van der Waals surface area contributed by atoms with Gasteiger partial charge in [-0.25, -0.2) is 0 Å². The van der Waals surface area contributed by atoms with Crippen molar-refractivity contribution in [2.24, 2.45) is 11.3 Å². The first-order valence-corrected chi connectivity index (χ1v) is 7.29. The minimum atomic E-state index is -0.000347. The van der Waals surface area contributed by atoms with Gasteiger partial charge in [-0.1, -0.05) is 45.8 Å². The molecule has 0 saturated heterocycles. The first-order valence-electron chi connectivity index (χ1n) is 7.29. The van der Waals surface area contributed by atoms with Crippen LogP contribution in [0.25, 0.3) is 0 Å². The third-order valence-electron chi connectivity index (χ3n) is 3.97. The molecule has 0 amide bonds. The van der Waals surface area contributed by atoms with E-state index in [0.29, 0.717) is 5.78 Å². The topological polar surface area (TPSA) is 17.1 Å². The molecule has 1 unspecified atom stereocenters. The number of allylic oxidation sites excluding steroid dienone is 2. The molecule has 0 aromatic rings. The lowest BCUT2D eigenvalue weighted by Gasteiger charge is -2.34. The second-order valence-corrected chi connectivity index (χ2v) is 5.95. The van der Waals surface area contributed by atoms with E-state index in [2.05, 4.69) is 32.9 Å². The number of hydrogen-bond donors (Lipinski definition) is 0. The van der Waals surface area contributed by atoms with Crippen molar-refractivity contribution in [2.45, 2.75) is 72.1 Å². The number of carbonyl (C=O) groups excluding carboxylic acids is 1. The predicted molar refractivity (Wildman–Crippen MR) is 74.0 cm³/mol. The van der Waals surface area contributed by atoms with Gasteiger partial charge in [0.1, 0.15) is 5.78 Å². The predicted octanol–water partition coefficient (Wildman–Crippen LogP) is 4.91. The zero-order valence-electron chi connectivity index (χ0n) is 11.8. The van der Waals surface area contributed by atoms with Gasteiger partial charge in [0.25, 0.3) is 0 Å². The highest BCUT2D eigenvalue weighted by molar-refractivity contribution is 5.85. The van der Waals surface area contributed by atoms with E-state index in [9.17, 15) is 4.79 Å². The van der Waals surface area contributed by atoms with Gasteiger partial charge in [-0.3, -0.25) is 4.79 Å². The Labute approximate surface area is 107 Å². The van der Waals surface area contributed by atoms with E-state index in [4.69, 9.17) is 0 Å². The molecule has 98 valence electrons. The molecular weight excluding hydrogens is 208 g/mol. The fourth-order valence-electron chi connectivity index (χ4n) is 2.85. The number of rotatable bonds is 7. The first kappa shape index (κ1) is 14.5. The molecule has 1 nitrogen and oxygen atoms in total. The van der Waals surface area contributed by atoms with E-state index >= 15 is 0 Å². The molecule has 1 aliphatic carbocycles. The highest BCUT2D eigenvalue weighted by Gasteiger charge is 2.36. The fourth-order valence-corrected chi connectivity index (χ4v) is 2.85. The SMILES string of the molecule is CCCC(=O)C1(CCCC(C)C)CC=CCC1. The van der Waals surface area contributed by atoms with Gasteiger partial charge in [0.05, 0.1) is 0 Å². The van der Waals surface area contributed by atoms with Crippen LogP contribution in [0.15, 0.2) is 12.2 Å². The lowest BCUT2D eigenvalue weighted by Crippen LogP contribution is -2.32. The van der Waals surface area contributed by atoms with Crippen LogP contribution >= 0.6 is 0 Å². The van der Waals surface area contributed by atoms with Crippen molar-refractivity contribution < 1.29 is 4.79 Å². The van der Waals surface area contributed by atoms with Gasteiger partial charge >= 0.3 is 0 Å². The summed E-state index contributed by atoms with van der Waals surface area (Å²) in [6.07, 6.45) is 13.0. The molecule has 0 aromatic carbocycles. The maximum atomic E-state index is 12.4. The molecule has 1 atom stereocenters. The summed E-state index contributed by atoms with van der Waals surface area (Å²) >= 11 is 0. The smallest absolute Gasteiger partial charge is 0.139 e. The summed E-state index contributed by atoms with van der Waals surface area (Å²) in [7, 11) is 0. The van der Waals surface area contributed by atoms with Crippen molar-refractivity contribution in [2.75, 3.05) is 0 Å². The van der Waals surface area contributed by atoms with Crippen LogP contribution in [0.4, 0.5) is 0 Å². The van der Waals surface area contributed by atoms with Crippen LogP contribution in [-0.4, -0.2) is 5.78 Å². The Morgan fingerprint density at radius 3 is 2.65 bits per heavy atom. The normalized spacial score (nSPS) is 24.2. The largest absolute Gasteiger partial charge is 0.299 e. The van der Waals surface area contributed by atoms with Gasteiger partial charge in [0, 0.05) is 11.8 Å². The van der Waals surface area contributed by atoms with Crippen LogP contribution in [0.2, 0.25) is 0 Å². The Hall–Kier alpha value is -0.590. The monoisotopic (exact) mass is 236 g/mol. The molecule has 0 N–H and O–H groups in total. The van der Waals surface area contributed by atoms with E-state index in [0.717, 1.165) is 44.4 Å². The molecule has 0 aliphatic heterocycles. The Balaban J connectivity index is 2.59. The van der Waals surface area contributed by atoms with Crippen LogP contribution in [0.5, 0.6) is 0 Å². The zero-order valence-corrected chi connectivity index (χ0v) is 11.8. The lowest BCUT2D eigenvalue weighted by molar-refractivity contribution is -0.129. The van der Waals surface area contributed by atoms with Gasteiger partial charge in [0.2, 0.25) is 0 Å². The number of ketones is 1. The maximum Gasteiger partial charge on any atom is 0.139 e. The summed E-state index contributed by atoms with van der Waals surface area (Å²) in [5.74, 6) is 1.28. The molecule has 0 aromatic heterocycles. The average molecular weight is 236 g/mol. The number of hydrogen-bond acceptors (Lipinski definition) is 1. The molecule has 0 saturated carbocycles. The Morgan fingerprint density at radius 2 is 2.12 bits per heavy atom. The minimum absolute atomic E-state index is 0.000347. The van der Waals surface area contributed by atoms with Gasteiger partial charge in [-0.05, 0) is 38.0 Å². The van der Waals surface area contributed by atoms with Gasteiger partial charge in [0.15, 0.2) is 0 Å². The van der Waals surface area contributed by atoms with Crippen LogP contribution in [0.1, 0.15) is 72.1 Å². The standard InChI is InChI=1S/C16H28O/c1-4-9-15(17)16(11-6-5-7-12-16)13-8-10-14(2)3/h5-6,14H,4,7-13H2,1-3H3. The lowest BCUT2D eigenvalue weighted by atomic mass is 9.69. The van der Waals surface area contributed by atoms with E-state index in [1.54, 1.807) is 0 Å². The average Bonchev–Trinajstić information content (AvgIpc) is 2.30. The van der Waals surface area contributed by atoms with Crippen molar-refractivity contribution in [3.63, 3.8) is 0 Å².